The van der Waals surface area contributed by atoms with E-state index in [2.05, 4.69) is 15.2 Å². The summed E-state index contributed by atoms with van der Waals surface area (Å²) in [7, 11) is -2.73. The van der Waals surface area contributed by atoms with Crippen LogP contribution in [0.3, 0.4) is 0 Å². The summed E-state index contributed by atoms with van der Waals surface area (Å²) >= 11 is 0. The maximum Gasteiger partial charge on any atom is 0.270 e. The van der Waals surface area contributed by atoms with Gasteiger partial charge in [0, 0.05) is 36.6 Å². The number of benzene rings is 2. The predicted molar refractivity (Wildman–Crippen MR) is 126 cm³/mol. The summed E-state index contributed by atoms with van der Waals surface area (Å²) in [4.78, 5) is 24.1. The number of methoxy groups -OCH3 is 1. The summed E-state index contributed by atoms with van der Waals surface area (Å²) in [6, 6.07) is 9.52. The van der Waals surface area contributed by atoms with E-state index in [4.69, 9.17) is 4.74 Å². The van der Waals surface area contributed by atoms with Crippen LogP contribution in [0.2, 0.25) is 0 Å². The number of sulfonamides is 1. The summed E-state index contributed by atoms with van der Waals surface area (Å²) in [6.07, 6.45) is 0.0494. The number of carbonyl (C=O) groups excluding carboxylic acids is 1. The molecular formula is C21H27N5O6S. The van der Waals surface area contributed by atoms with Gasteiger partial charge in [-0.3, -0.25) is 25.1 Å². The highest BCUT2D eigenvalue weighted by atomic mass is 32.2. The van der Waals surface area contributed by atoms with E-state index in [0.717, 1.165) is 6.07 Å². The molecule has 2 N–H and O–H groups in total. The number of ether oxygens (including phenoxy) is 1. The second-order valence-electron chi connectivity index (χ2n) is 6.97. The molecule has 12 heteroatoms. The number of hydrogen-bond donors (Lipinski definition) is 2. The third-order valence-corrected chi connectivity index (χ3v) is 6.12. The van der Waals surface area contributed by atoms with Crippen LogP contribution in [0.25, 0.3) is 0 Å². The number of rotatable bonds is 11. The maximum absolute atomic E-state index is 13.0. The van der Waals surface area contributed by atoms with Crippen molar-refractivity contribution in [1.29, 1.82) is 0 Å². The minimum absolute atomic E-state index is 0.0243. The molecule has 0 fully saturated rings. The highest BCUT2D eigenvalue weighted by molar-refractivity contribution is 7.92. The molecule has 0 radical (unpaired) electrons. The molecule has 11 nitrogen and oxygen atoms in total. The monoisotopic (exact) mass is 477 g/mol. The molecule has 0 saturated carbocycles. The van der Waals surface area contributed by atoms with Crippen molar-refractivity contribution >= 4 is 38.7 Å². The van der Waals surface area contributed by atoms with Crippen molar-refractivity contribution in [2.45, 2.75) is 32.1 Å². The van der Waals surface area contributed by atoms with E-state index in [1.807, 2.05) is 13.8 Å². The Morgan fingerprint density at radius 1 is 1.15 bits per heavy atom. The number of anilines is 2. The van der Waals surface area contributed by atoms with E-state index < -0.39 is 20.6 Å². The molecule has 0 aromatic heterocycles. The molecule has 0 aliphatic heterocycles. The standard InChI is InChI=1S/C21H27N5O6S/c1-5-25(6-2)21(27)13-15(3)22-23-19-12-9-17(26(28)29)14-20(19)33(30,31)24-16-7-10-18(32-4)11-8-16/h7-12,14,23-24H,5-6,13H2,1-4H3. The first kappa shape index (κ1) is 25.6. The molecule has 2 rings (SSSR count). The van der Waals surface area contributed by atoms with E-state index in [0.29, 0.717) is 24.6 Å². The van der Waals surface area contributed by atoms with Crippen LogP contribution in [-0.4, -0.2) is 50.1 Å². The Labute approximate surface area is 192 Å². The van der Waals surface area contributed by atoms with Crippen molar-refractivity contribution < 1.29 is 22.9 Å². The van der Waals surface area contributed by atoms with Gasteiger partial charge < -0.3 is 9.64 Å². The number of nitrogens with one attached hydrogen (secondary N) is 2. The zero-order valence-corrected chi connectivity index (χ0v) is 19.7. The number of amides is 1. The van der Waals surface area contributed by atoms with Crippen LogP contribution in [0.5, 0.6) is 5.75 Å². The van der Waals surface area contributed by atoms with Crippen LogP contribution in [0.4, 0.5) is 17.1 Å². The van der Waals surface area contributed by atoms with Crippen LogP contribution in [0, 0.1) is 10.1 Å². The Morgan fingerprint density at radius 2 is 1.79 bits per heavy atom. The lowest BCUT2D eigenvalue weighted by atomic mass is 10.2. The lowest BCUT2D eigenvalue weighted by molar-refractivity contribution is -0.385. The molecule has 1 amide bonds. The molecule has 0 spiro atoms. The first-order valence-corrected chi connectivity index (χ1v) is 11.6. The molecule has 178 valence electrons. The number of hydrazone groups is 1. The molecular weight excluding hydrogens is 450 g/mol. The molecule has 0 aliphatic rings. The molecule has 2 aromatic carbocycles. The Morgan fingerprint density at radius 3 is 2.33 bits per heavy atom. The summed E-state index contributed by atoms with van der Waals surface area (Å²) < 4.78 is 33.5. The van der Waals surface area contributed by atoms with Gasteiger partial charge >= 0.3 is 0 Å². The fraction of sp³-hybridized carbons (Fsp3) is 0.333. The van der Waals surface area contributed by atoms with Gasteiger partial charge in [-0.25, -0.2) is 8.42 Å². The van der Waals surface area contributed by atoms with Gasteiger partial charge in [-0.2, -0.15) is 5.10 Å². The van der Waals surface area contributed by atoms with Crippen molar-refractivity contribution in [2.75, 3.05) is 30.3 Å². The fourth-order valence-electron chi connectivity index (χ4n) is 2.91. The number of carbonyl (C=O) groups is 1. The molecule has 0 atom stereocenters. The molecule has 2 aromatic rings. The van der Waals surface area contributed by atoms with Crippen molar-refractivity contribution in [3.8, 4) is 5.75 Å². The van der Waals surface area contributed by atoms with E-state index in [9.17, 15) is 23.3 Å². The zero-order valence-electron chi connectivity index (χ0n) is 18.9. The van der Waals surface area contributed by atoms with Crippen molar-refractivity contribution in [2.24, 2.45) is 5.10 Å². The summed E-state index contributed by atoms with van der Waals surface area (Å²) in [5.41, 5.74) is 2.93. The summed E-state index contributed by atoms with van der Waals surface area (Å²) in [5.74, 6) is 0.431. The van der Waals surface area contributed by atoms with Gasteiger partial charge in [0.15, 0.2) is 0 Å². The zero-order chi connectivity index (χ0) is 24.6. The van der Waals surface area contributed by atoms with Gasteiger partial charge in [0.05, 0.1) is 24.1 Å². The van der Waals surface area contributed by atoms with Gasteiger partial charge in [0.2, 0.25) is 5.91 Å². The Hall–Kier alpha value is -3.67. The fourth-order valence-corrected chi connectivity index (χ4v) is 4.15. The minimum Gasteiger partial charge on any atom is -0.497 e. The molecule has 0 unspecified atom stereocenters. The van der Waals surface area contributed by atoms with E-state index >= 15 is 0 Å². The SMILES string of the molecule is CCN(CC)C(=O)CC(C)=NNc1ccc([N+](=O)[O-])cc1S(=O)(=O)Nc1ccc(OC)cc1. The quantitative estimate of drug-likeness (QED) is 0.287. The Balaban J connectivity index is 2.33. The predicted octanol–water partition coefficient (Wildman–Crippen LogP) is 3.45. The van der Waals surface area contributed by atoms with Gasteiger partial charge in [-0.15, -0.1) is 0 Å². The first-order chi connectivity index (χ1) is 15.6. The van der Waals surface area contributed by atoms with E-state index in [1.54, 1.807) is 24.0 Å². The van der Waals surface area contributed by atoms with E-state index in [-0.39, 0.29) is 28.6 Å². The topological polar surface area (TPSA) is 143 Å². The van der Waals surface area contributed by atoms with Crippen LogP contribution in [0.15, 0.2) is 52.5 Å². The Bertz CT molecular complexity index is 1130. The largest absolute Gasteiger partial charge is 0.497 e. The third kappa shape index (κ3) is 6.91. The number of nitrogens with zero attached hydrogens (tertiary/aromatic N) is 3. The van der Waals surface area contributed by atoms with Crippen molar-refractivity contribution in [1.82, 2.24) is 4.90 Å². The summed E-state index contributed by atoms with van der Waals surface area (Å²) in [6.45, 7) is 6.51. The Kier molecular flexibility index (Phi) is 8.74. The van der Waals surface area contributed by atoms with Crippen LogP contribution >= 0.6 is 0 Å². The van der Waals surface area contributed by atoms with Crippen molar-refractivity contribution in [3.05, 3.63) is 52.6 Å². The normalized spacial score (nSPS) is 11.6. The molecule has 0 aliphatic carbocycles. The van der Waals surface area contributed by atoms with Gasteiger partial charge in [-0.1, -0.05) is 0 Å². The highest BCUT2D eigenvalue weighted by Crippen LogP contribution is 2.29. The van der Waals surface area contributed by atoms with Gasteiger partial charge in [-0.05, 0) is 51.1 Å². The number of non-ortho nitro benzene ring substituents is 1. The molecule has 0 heterocycles. The third-order valence-electron chi connectivity index (χ3n) is 4.70. The lowest BCUT2D eigenvalue weighted by Gasteiger charge is -2.18. The lowest BCUT2D eigenvalue weighted by Crippen LogP contribution is -2.31. The molecule has 33 heavy (non-hydrogen) atoms. The minimum atomic E-state index is -4.21. The van der Waals surface area contributed by atoms with Gasteiger partial charge in [0.1, 0.15) is 10.6 Å². The summed E-state index contributed by atoms with van der Waals surface area (Å²) in [5, 5.41) is 15.3. The second-order valence-corrected chi connectivity index (χ2v) is 8.62. The average Bonchev–Trinajstić information content (AvgIpc) is 2.78. The van der Waals surface area contributed by atoms with Gasteiger partial charge in [0.25, 0.3) is 15.7 Å². The smallest absolute Gasteiger partial charge is 0.270 e. The number of nitro benzene ring substituents is 1. The van der Waals surface area contributed by atoms with Crippen molar-refractivity contribution in [3.63, 3.8) is 0 Å². The van der Waals surface area contributed by atoms with Crippen LogP contribution < -0.4 is 14.9 Å². The number of hydrogen-bond acceptors (Lipinski definition) is 8. The van der Waals surface area contributed by atoms with E-state index in [1.165, 1.54) is 31.4 Å². The van der Waals surface area contributed by atoms with Crippen LogP contribution in [0.1, 0.15) is 27.2 Å². The highest BCUT2D eigenvalue weighted by Gasteiger charge is 2.23. The second kappa shape index (κ2) is 11.3. The average molecular weight is 478 g/mol. The maximum atomic E-state index is 13.0. The first-order valence-electron chi connectivity index (χ1n) is 10.1. The number of nitro groups is 1. The molecule has 0 bridgehead atoms. The molecule has 0 saturated heterocycles. The van der Waals surface area contributed by atoms with Crippen LogP contribution in [-0.2, 0) is 14.8 Å².